The average Bonchev–Trinajstić information content (AvgIpc) is 3.20. The van der Waals surface area contributed by atoms with E-state index in [9.17, 15) is 8.42 Å². The van der Waals surface area contributed by atoms with E-state index in [4.69, 9.17) is 9.72 Å². The molecule has 9 nitrogen and oxygen atoms in total. The van der Waals surface area contributed by atoms with Crippen LogP contribution in [0.5, 0.6) is 0 Å². The summed E-state index contributed by atoms with van der Waals surface area (Å²) in [5, 5.41) is 7.92. The number of hydrogen-bond donors (Lipinski definition) is 1. The molecule has 0 aromatic carbocycles. The van der Waals surface area contributed by atoms with Crippen molar-refractivity contribution in [2.75, 3.05) is 37.9 Å². The second-order valence-electron chi connectivity index (χ2n) is 7.86. The van der Waals surface area contributed by atoms with E-state index < -0.39 is 10.0 Å². The van der Waals surface area contributed by atoms with Crippen molar-refractivity contribution in [1.29, 1.82) is 0 Å². The van der Waals surface area contributed by atoms with Gasteiger partial charge in [-0.3, -0.25) is 4.68 Å². The van der Waals surface area contributed by atoms with Crippen molar-refractivity contribution in [3.05, 3.63) is 24.2 Å². The Morgan fingerprint density at radius 1 is 1.14 bits per heavy atom. The van der Waals surface area contributed by atoms with Gasteiger partial charge in [-0.1, -0.05) is 0 Å². The minimum Gasteiger partial charge on any atom is -0.381 e. The molecule has 2 aliphatic heterocycles. The van der Waals surface area contributed by atoms with E-state index in [1.54, 1.807) is 0 Å². The molecular weight excluding hydrogens is 392 g/mol. The van der Waals surface area contributed by atoms with Crippen LogP contribution in [0.25, 0.3) is 11.3 Å². The number of rotatable bonds is 5. The van der Waals surface area contributed by atoms with Gasteiger partial charge >= 0.3 is 0 Å². The lowest BCUT2D eigenvalue weighted by atomic mass is 10.1. The molecule has 0 spiro atoms. The van der Waals surface area contributed by atoms with Crippen LogP contribution >= 0.6 is 0 Å². The zero-order valence-electron chi connectivity index (χ0n) is 16.9. The third-order valence-electron chi connectivity index (χ3n) is 5.67. The Morgan fingerprint density at radius 2 is 1.86 bits per heavy atom. The molecule has 2 saturated heterocycles. The van der Waals surface area contributed by atoms with Crippen molar-refractivity contribution in [2.24, 2.45) is 0 Å². The predicted molar refractivity (Wildman–Crippen MR) is 110 cm³/mol. The van der Waals surface area contributed by atoms with Gasteiger partial charge in [0.15, 0.2) is 0 Å². The maximum Gasteiger partial charge on any atom is 0.223 e. The highest BCUT2D eigenvalue weighted by Crippen LogP contribution is 2.26. The number of sulfonamides is 1. The van der Waals surface area contributed by atoms with Crippen LogP contribution in [0.3, 0.4) is 0 Å². The quantitative estimate of drug-likeness (QED) is 0.787. The minimum atomic E-state index is -3.12. The second kappa shape index (κ2) is 8.37. The number of nitrogens with one attached hydrogen (secondary N) is 1. The molecule has 2 aromatic heterocycles. The molecule has 0 radical (unpaired) electrons. The van der Waals surface area contributed by atoms with Crippen LogP contribution < -0.4 is 5.32 Å². The van der Waals surface area contributed by atoms with Gasteiger partial charge in [0.05, 0.1) is 24.2 Å². The fraction of sp³-hybridized carbons (Fsp3) is 0.632. The van der Waals surface area contributed by atoms with Crippen molar-refractivity contribution in [2.45, 2.75) is 44.7 Å². The SMILES string of the molecule is Cc1cnc(NC2CCN(S(C)(=O)=O)CC2)nc1-c1cnn(C2CCOCC2)c1. The largest absolute Gasteiger partial charge is 0.381 e. The van der Waals surface area contributed by atoms with Crippen LogP contribution in [0.4, 0.5) is 5.95 Å². The Labute approximate surface area is 171 Å². The summed E-state index contributed by atoms with van der Waals surface area (Å²) >= 11 is 0. The summed E-state index contributed by atoms with van der Waals surface area (Å²) in [7, 11) is -3.12. The maximum absolute atomic E-state index is 11.7. The molecule has 4 rings (SSSR count). The Bertz CT molecular complexity index is 947. The molecule has 158 valence electrons. The summed E-state index contributed by atoms with van der Waals surface area (Å²) in [6, 6.07) is 0.533. The first-order valence-electron chi connectivity index (χ1n) is 10.1. The standard InChI is InChI=1S/C19H28N6O3S/c1-14-11-20-19(22-16-3-7-24(8-4-16)29(2,26)27)23-18(14)15-12-21-25(13-15)17-5-9-28-10-6-17/h11-13,16-17H,3-10H2,1-2H3,(H,20,22,23). The molecule has 0 bridgehead atoms. The molecule has 0 saturated carbocycles. The molecule has 10 heteroatoms. The van der Waals surface area contributed by atoms with Crippen molar-refractivity contribution in [3.63, 3.8) is 0 Å². The molecule has 2 aliphatic rings. The highest BCUT2D eigenvalue weighted by Gasteiger charge is 2.25. The van der Waals surface area contributed by atoms with Crippen LogP contribution in [-0.4, -0.2) is 71.1 Å². The Hall–Kier alpha value is -2.04. The van der Waals surface area contributed by atoms with Gasteiger partial charge < -0.3 is 10.1 Å². The van der Waals surface area contributed by atoms with Crippen LogP contribution in [0.2, 0.25) is 0 Å². The molecule has 29 heavy (non-hydrogen) atoms. The van der Waals surface area contributed by atoms with Crippen LogP contribution in [-0.2, 0) is 14.8 Å². The van der Waals surface area contributed by atoms with Gasteiger partial charge in [0, 0.05) is 50.3 Å². The molecular formula is C19H28N6O3S. The van der Waals surface area contributed by atoms with E-state index in [1.807, 2.05) is 24.0 Å². The van der Waals surface area contributed by atoms with E-state index in [0.717, 1.165) is 55.7 Å². The maximum atomic E-state index is 11.7. The number of ether oxygens (including phenoxy) is 1. The van der Waals surface area contributed by atoms with Crippen molar-refractivity contribution in [3.8, 4) is 11.3 Å². The number of nitrogens with zero attached hydrogens (tertiary/aromatic N) is 5. The van der Waals surface area contributed by atoms with E-state index in [1.165, 1.54) is 10.6 Å². The lowest BCUT2D eigenvalue weighted by molar-refractivity contribution is 0.0662. The zero-order valence-corrected chi connectivity index (χ0v) is 17.7. The predicted octanol–water partition coefficient (Wildman–Crippen LogP) is 1.84. The summed E-state index contributed by atoms with van der Waals surface area (Å²) in [5.74, 6) is 0.572. The summed E-state index contributed by atoms with van der Waals surface area (Å²) in [4.78, 5) is 9.16. The number of hydrogen-bond acceptors (Lipinski definition) is 7. The molecule has 0 amide bonds. The highest BCUT2D eigenvalue weighted by atomic mass is 32.2. The molecule has 1 N–H and O–H groups in total. The summed E-state index contributed by atoms with van der Waals surface area (Å²) in [5.41, 5.74) is 2.84. The fourth-order valence-electron chi connectivity index (χ4n) is 3.93. The highest BCUT2D eigenvalue weighted by molar-refractivity contribution is 7.88. The Kier molecular flexibility index (Phi) is 5.84. The van der Waals surface area contributed by atoms with E-state index >= 15 is 0 Å². The van der Waals surface area contributed by atoms with Gasteiger partial charge in [-0.25, -0.2) is 22.7 Å². The zero-order chi connectivity index (χ0) is 20.4. The molecule has 2 aromatic rings. The topological polar surface area (TPSA) is 102 Å². The molecule has 0 aliphatic carbocycles. The van der Waals surface area contributed by atoms with Gasteiger partial charge in [-0.15, -0.1) is 0 Å². The third kappa shape index (κ3) is 4.76. The van der Waals surface area contributed by atoms with Crippen molar-refractivity contribution >= 4 is 16.0 Å². The molecule has 2 fully saturated rings. The van der Waals surface area contributed by atoms with Gasteiger partial charge in [0.25, 0.3) is 0 Å². The van der Waals surface area contributed by atoms with E-state index in [-0.39, 0.29) is 6.04 Å². The van der Waals surface area contributed by atoms with Gasteiger partial charge in [0.1, 0.15) is 0 Å². The van der Waals surface area contributed by atoms with Crippen LogP contribution in [0.15, 0.2) is 18.6 Å². The minimum absolute atomic E-state index is 0.161. The first kappa shape index (κ1) is 20.2. The first-order chi connectivity index (χ1) is 13.9. The summed E-state index contributed by atoms with van der Waals surface area (Å²) in [6.45, 7) is 4.59. The molecule has 0 unspecified atom stereocenters. The lowest BCUT2D eigenvalue weighted by Crippen LogP contribution is -2.42. The first-order valence-corrected chi connectivity index (χ1v) is 11.9. The molecule has 4 heterocycles. The normalized spacial score (nSPS) is 20.1. The molecule has 0 atom stereocenters. The van der Waals surface area contributed by atoms with Crippen LogP contribution in [0.1, 0.15) is 37.3 Å². The van der Waals surface area contributed by atoms with Gasteiger partial charge in [-0.05, 0) is 38.2 Å². The van der Waals surface area contributed by atoms with Gasteiger partial charge in [0.2, 0.25) is 16.0 Å². The monoisotopic (exact) mass is 420 g/mol. The number of anilines is 1. The number of piperidine rings is 1. The number of aromatic nitrogens is 4. The average molecular weight is 421 g/mol. The Morgan fingerprint density at radius 3 is 2.55 bits per heavy atom. The smallest absolute Gasteiger partial charge is 0.223 e. The van der Waals surface area contributed by atoms with Crippen molar-refractivity contribution in [1.82, 2.24) is 24.1 Å². The van der Waals surface area contributed by atoms with Crippen molar-refractivity contribution < 1.29 is 13.2 Å². The van der Waals surface area contributed by atoms with E-state index in [2.05, 4.69) is 21.6 Å². The van der Waals surface area contributed by atoms with E-state index in [0.29, 0.717) is 25.1 Å². The summed E-state index contributed by atoms with van der Waals surface area (Å²) in [6.07, 6.45) is 10.4. The van der Waals surface area contributed by atoms with Crippen LogP contribution in [0, 0.1) is 6.92 Å². The van der Waals surface area contributed by atoms with Gasteiger partial charge in [-0.2, -0.15) is 5.10 Å². The summed E-state index contributed by atoms with van der Waals surface area (Å²) < 4.78 is 32.3. The number of aryl methyl sites for hydroxylation is 1. The Balaban J connectivity index is 1.45. The third-order valence-corrected chi connectivity index (χ3v) is 6.97. The second-order valence-corrected chi connectivity index (χ2v) is 9.84. The lowest BCUT2D eigenvalue weighted by Gasteiger charge is -2.30. The fourth-order valence-corrected chi connectivity index (χ4v) is 4.80.